The van der Waals surface area contributed by atoms with Gasteiger partial charge in [0, 0.05) is 20.2 Å². The van der Waals surface area contributed by atoms with Crippen LogP contribution in [0.4, 0.5) is 17.1 Å². The number of rotatable bonds is 10. The number of azo groups is 1. The molecule has 0 fully saturated rings. The Labute approximate surface area is 185 Å². The van der Waals surface area contributed by atoms with Crippen LogP contribution in [0, 0.1) is 0 Å². The Morgan fingerprint density at radius 2 is 1.78 bits per heavy atom. The van der Waals surface area contributed by atoms with Crippen molar-refractivity contribution in [2.24, 2.45) is 10.2 Å². The van der Waals surface area contributed by atoms with Gasteiger partial charge in [-0.15, -0.1) is 10.2 Å². The topological polar surface area (TPSA) is 172 Å². The number of methoxy groups -OCH3 is 1. The van der Waals surface area contributed by atoms with Crippen LogP contribution in [0.5, 0.6) is 5.75 Å². The SMILES string of the molecule is COc1cc(S(=O)(=O)CCOS(=O)(=O)O)ccc1N=Nc1c(C(=O)O)cccc1N(C)C. The molecule has 0 aromatic heterocycles. The first kappa shape index (κ1) is 25.2. The third kappa shape index (κ3) is 6.46. The standard InChI is InChI=1S/C18H21N3O9S2/c1-21(2)15-6-4-5-13(18(22)23)17(15)20-19-14-8-7-12(11-16(14)29-3)31(24,25)10-9-30-32(26,27)28/h4-8,11H,9-10H2,1-3H3,(H,22,23)(H,26,27,28). The number of hydrogen-bond donors (Lipinski definition) is 2. The predicted octanol–water partition coefficient (Wildman–Crippen LogP) is 2.47. The van der Waals surface area contributed by atoms with Crippen molar-refractivity contribution in [3.8, 4) is 5.75 Å². The number of carboxylic acid groups (broad SMARTS) is 1. The van der Waals surface area contributed by atoms with Gasteiger partial charge >= 0.3 is 16.4 Å². The summed E-state index contributed by atoms with van der Waals surface area (Å²) in [4.78, 5) is 13.0. The zero-order valence-electron chi connectivity index (χ0n) is 17.3. The van der Waals surface area contributed by atoms with E-state index in [0.717, 1.165) is 6.07 Å². The summed E-state index contributed by atoms with van der Waals surface area (Å²) in [6.45, 7) is -0.774. The number of sulfone groups is 1. The third-order valence-electron chi connectivity index (χ3n) is 4.08. The molecule has 0 aliphatic heterocycles. The summed E-state index contributed by atoms with van der Waals surface area (Å²) in [6, 6.07) is 8.29. The van der Waals surface area contributed by atoms with Crippen molar-refractivity contribution in [1.29, 1.82) is 0 Å². The van der Waals surface area contributed by atoms with Crippen LogP contribution in [0.25, 0.3) is 0 Å². The van der Waals surface area contributed by atoms with Gasteiger partial charge in [-0.05, 0) is 24.3 Å². The highest BCUT2D eigenvalue weighted by Gasteiger charge is 2.19. The molecule has 2 aromatic rings. The lowest BCUT2D eigenvalue weighted by Gasteiger charge is -2.16. The van der Waals surface area contributed by atoms with E-state index in [2.05, 4.69) is 14.4 Å². The summed E-state index contributed by atoms with van der Waals surface area (Å²) < 4.78 is 63.7. The van der Waals surface area contributed by atoms with Crippen LogP contribution < -0.4 is 9.64 Å². The molecule has 0 radical (unpaired) electrons. The highest BCUT2D eigenvalue weighted by molar-refractivity contribution is 7.91. The highest BCUT2D eigenvalue weighted by Crippen LogP contribution is 2.36. The number of hydrogen-bond acceptors (Lipinski definition) is 10. The monoisotopic (exact) mass is 487 g/mol. The quantitative estimate of drug-likeness (QED) is 0.374. The van der Waals surface area contributed by atoms with Gasteiger partial charge in [0.1, 0.15) is 17.1 Å². The van der Waals surface area contributed by atoms with Crippen LogP contribution in [0.2, 0.25) is 0 Å². The van der Waals surface area contributed by atoms with E-state index in [1.807, 2.05) is 0 Å². The Balaban J connectivity index is 2.40. The fraction of sp³-hybridized carbons (Fsp3) is 0.278. The summed E-state index contributed by atoms with van der Waals surface area (Å²) in [7, 11) is -4.03. The first-order valence-corrected chi connectivity index (χ1v) is 11.9. The molecule has 0 aliphatic carbocycles. The molecule has 174 valence electrons. The lowest BCUT2D eigenvalue weighted by atomic mass is 10.1. The molecule has 2 rings (SSSR count). The Hall–Kier alpha value is -3.07. The molecule has 0 amide bonds. The average Bonchev–Trinajstić information content (AvgIpc) is 2.70. The summed E-state index contributed by atoms with van der Waals surface area (Å²) in [5.74, 6) is -1.87. The predicted molar refractivity (Wildman–Crippen MR) is 114 cm³/mol. The summed E-state index contributed by atoms with van der Waals surface area (Å²) in [6.07, 6.45) is 0. The number of benzene rings is 2. The number of carbonyl (C=O) groups is 1. The van der Waals surface area contributed by atoms with Crippen molar-refractivity contribution in [3.05, 3.63) is 42.0 Å². The largest absolute Gasteiger partial charge is 0.494 e. The minimum Gasteiger partial charge on any atom is -0.494 e. The lowest BCUT2D eigenvalue weighted by Crippen LogP contribution is -2.15. The zero-order valence-corrected chi connectivity index (χ0v) is 18.9. The van der Waals surface area contributed by atoms with Gasteiger partial charge in [0.05, 0.1) is 35.6 Å². The van der Waals surface area contributed by atoms with Crippen molar-refractivity contribution in [3.63, 3.8) is 0 Å². The first-order chi connectivity index (χ1) is 14.9. The maximum absolute atomic E-state index is 12.4. The second-order valence-corrected chi connectivity index (χ2v) is 9.68. The smallest absolute Gasteiger partial charge is 0.397 e. The number of ether oxygens (including phenoxy) is 1. The number of nitrogens with zero attached hydrogens (tertiary/aromatic N) is 3. The maximum Gasteiger partial charge on any atom is 0.397 e. The molecule has 12 nitrogen and oxygen atoms in total. The minimum absolute atomic E-state index is 0.0322. The van der Waals surface area contributed by atoms with E-state index in [1.54, 1.807) is 31.1 Å². The van der Waals surface area contributed by atoms with Gasteiger partial charge in [-0.3, -0.25) is 4.55 Å². The molecular formula is C18H21N3O9S2. The second-order valence-electron chi connectivity index (χ2n) is 6.48. The molecule has 14 heteroatoms. The van der Waals surface area contributed by atoms with E-state index in [9.17, 15) is 26.7 Å². The van der Waals surface area contributed by atoms with Crippen LogP contribution in [-0.4, -0.2) is 66.0 Å². The molecule has 0 aliphatic rings. The molecule has 0 saturated heterocycles. The number of aromatic carboxylic acids is 1. The van der Waals surface area contributed by atoms with Gasteiger partial charge in [-0.1, -0.05) is 6.07 Å². The summed E-state index contributed by atoms with van der Waals surface area (Å²) in [5.41, 5.74) is 0.666. The molecule has 0 spiro atoms. The molecule has 0 bridgehead atoms. The molecule has 32 heavy (non-hydrogen) atoms. The van der Waals surface area contributed by atoms with E-state index >= 15 is 0 Å². The fourth-order valence-electron chi connectivity index (χ4n) is 2.57. The summed E-state index contributed by atoms with van der Waals surface area (Å²) in [5, 5.41) is 17.5. The number of carboxylic acids is 1. The Kier molecular flexibility index (Phi) is 7.90. The van der Waals surface area contributed by atoms with Crippen molar-refractivity contribution in [2.45, 2.75) is 4.90 Å². The molecular weight excluding hydrogens is 466 g/mol. The van der Waals surface area contributed by atoms with E-state index in [0.29, 0.717) is 5.69 Å². The Morgan fingerprint density at radius 1 is 1.09 bits per heavy atom. The molecule has 0 atom stereocenters. The Bertz CT molecular complexity index is 1240. The zero-order chi connectivity index (χ0) is 24.1. The van der Waals surface area contributed by atoms with Crippen LogP contribution in [0.1, 0.15) is 10.4 Å². The third-order valence-corrected chi connectivity index (χ3v) is 6.22. The highest BCUT2D eigenvalue weighted by atomic mass is 32.3. The maximum atomic E-state index is 12.4. The van der Waals surface area contributed by atoms with Crippen molar-refractivity contribution < 1.29 is 40.2 Å². The summed E-state index contributed by atoms with van der Waals surface area (Å²) >= 11 is 0. The van der Waals surface area contributed by atoms with E-state index in [-0.39, 0.29) is 27.6 Å². The first-order valence-electron chi connectivity index (χ1n) is 8.83. The van der Waals surface area contributed by atoms with E-state index in [1.165, 1.54) is 25.3 Å². The van der Waals surface area contributed by atoms with Gasteiger partial charge in [0.15, 0.2) is 9.84 Å². The van der Waals surface area contributed by atoms with Crippen molar-refractivity contribution in [2.75, 3.05) is 38.5 Å². The van der Waals surface area contributed by atoms with E-state index in [4.69, 9.17) is 9.29 Å². The van der Waals surface area contributed by atoms with Gasteiger partial charge in [0.25, 0.3) is 0 Å². The van der Waals surface area contributed by atoms with Gasteiger partial charge in [-0.2, -0.15) is 8.42 Å². The van der Waals surface area contributed by atoms with Crippen LogP contribution in [0.3, 0.4) is 0 Å². The Morgan fingerprint density at radius 3 is 2.34 bits per heavy atom. The fourth-order valence-corrected chi connectivity index (χ4v) is 4.07. The average molecular weight is 488 g/mol. The molecule has 0 saturated carbocycles. The van der Waals surface area contributed by atoms with Crippen LogP contribution in [-0.2, 0) is 24.4 Å². The minimum atomic E-state index is -4.76. The van der Waals surface area contributed by atoms with Crippen LogP contribution in [0.15, 0.2) is 51.5 Å². The van der Waals surface area contributed by atoms with Gasteiger partial charge < -0.3 is 14.7 Å². The molecule has 0 unspecified atom stereocenters. The molecule has 0 heterocycles. The van der Waals surface area contributed by atoms with Crippen molar-refractivity contribution in [1.82, 2.24) is 0 Å². The molecule has 2 N–H and O–H groups in total. The van der Waals surface area contributed by atoms with Crippen LogP contribution >= 0.6 is 0 Å². The second kappa shape index (κ2) is 10.0. The van der Waals surface area contributed by atoms with Gasteiger partial charge in [0.2, 0.25) is 0 Å². The van der Waals surface area contributed by atoms with Gasteiger partial charge in [-0.25, -0.2) is 17.4 Å². The van der Waals surface area contributed by atoms with Crippen molar-refractivity contribution >= 4 is 43.3 Å². The van der Waals surface area contributed by atoms with E-state index < -0.39 is 38.6 Å². The normalized spacial score (nSPS) is 12.1. The molecule has 2 aromatic carbocycles. The lowest BCUT2D eigenvalue weighted by molar-refractivity contribution is 0.0697. The number of anilines is 1.